The molecule has 0 spiro atoms. The normalized spacial score (nSPS) is 13.0. The molecule has 152 valence electrons. The molecule has 8 nitrogen and oxygen atoms in total. The van der Waals surface area contributed by atoms with E-state index in [0.29, 0.717) is 6.42 Å². The molecule has 0 radical (unpaired) electrons. The lowest BCUT2D eigenvalue weighted by Crippen LogP contribution is -2.44. The number of anilines is 1. The van der Waals surface area contributed by atoms with Gasteiger partial charge in [-0.05, 0) is 43.2 Å². The molecule has 29 heavy (non-hydrogen) atoms. The molecule has 2 amide bonds. The van der Waals surface area contributed by atoms with Crippen molar-refractivity contribution in [2.75, 3.05) is 11.9 Å². The molecule has 3 N–H and O–H groups in total. The quantitative estimate of drug-likeness (QED) is 0.578. The van der Waals surface area contributed by atoms with Gasteiger partial charge < -0.3 is 15.7 Å². The maximum atomic E-state index is 12.1. The lowest BCUT2D eigenvalue weighted by atomic mass is 10.1. The second kappa shape index (κ2) is 9.82. The van der Waals surface area contributed by atoms with E-state index in [0.717, 1.165) is 5.56 Å². The molecule has 0 aliphatic carbocycles. The van der Waals surface area contributed by atoms with Crippen LogP contribution >= 0.6 is 0 Å². The number of amides is 2. The third-order valence-corrected chi connectivity index (χ3v) is 6.14. The number of aliphatic hydroxyl groups excluding tert-OH is 1. The van der Waals surface area contributed by atoms with Gasteiger partial charge in [0, 0.05) is 5.69 Å². The van der Waals surface area contributed by atoms with Gasteiger partial charge in [0.1, 0.15) is 5.25 Å². The van der Waals surface area contributed by atoms with Gasteiger partial charge in [-0.1, -0.05) is 30.3 Å². The first-order valence-electron chi connectivity index (χ1n) is 8.78. The topological polar surface area (TPSA) is 136 Å². The molecular formula is C20H21N3O5S. The van der Waals surface area contributed by atoms with E-state index in [1.165, 1.54) is 31.2 Å². The van der Waals surface area contributed by atoms with Gasteiger partial charge >= 0.3 is 11.8 Å². The Bertz CT molecular complexity index is 999. The van der Waals surface area contributed by atoms with E-state index in [9.17, 15) is 23.1 Å². The van der Waals surface area contributed by atoms with Crippen LogP contribution in [0.15, 0.2) is 59.5 Å². The number of benzene rings is 2. The molecule has 2 aromatic carbocycles. The summed E-state index contributed by atoms with van der Waals surface area (Å²) in [5, 5.41) is 21.9. The molecule has 2 aromatic rings. The van der Waals surface area contributed by atoms with Gasteiger partial charge in [0.05, 0.1) is 23.6 Å². The molecule has 0 aliphatic rings. The van der Waals surface area contributed by atoms with E-state index in [4.69, 9.17) is 5.26 Å². The maximum absolute atomic E-state index is 12.1. The van der Waals surface area contributed by atoms with Gasteiger partial charge in [0.25, 0.3) is 0 Å². The molecular weight excluding hydrogens is 394 g/mol. The van der Waals surface area contributed by atoms with Crippen LogP contribution < -0.4 is 10.6 Å². The first-order valence-corrected chi connectivity index (χ1v) is 10.3. The largest absolute Gasteiger partial charge is 0.394 e. The average molecular weight is 415 g/mol. The van der Waals surface area contributed by atoms with Crippen LogP contribution in [0.4, 0.5) is 5.69 Å². The summed E-state index contributed by atoms with van der Waals surface area (Å²) in [4.78, 5) is 24.1. The lowest BCUT2D eigenvalue weighted by Gasteiger charge is -2.16. The Morgan fingerprint density at radius 1 is 1.07 bits per heavy atom. The summed E-state index contributed by atoms with van der Waals surface area (Å²) in [6.45, 7) is 0.944. The number of carbonyl (C=O) groups excluding carboxylic acids is 2. The maximum Gasteiger partial charge on any atom is 0.313 e. The summed E-state index contributed by atoms with van der Waals surface area (Å²) in [6, 6.07) is 15.4. The summed E-state index contributed by atoms with van der Waals surface area (Å²) >= 11 is 0. The fourth-order valence-corrected chi connectivity index (χ4v) is 3.56. The van der Waals surface area contributed by atoms with Gasteiger partial charge in [-0.2, -0.15) is 5.26 Å². The van der Waals surface area contributed by atoms with Crippen molar-refractivity contribution in [3.05, 3.63) is 60.2 Å². The first kappa shape index (κ1) is 22.1. The number of hydrogen-bond acceptors (Lipinski definition) is 6. The molecule has 0 saturated heterocycles. The smallest absolute Gasteiger partial charge is 0.313 e. The Hall–Kier alpha value is -3.22. The molecule has 9 heteroatoms. The molecule has 0 saturated carbocycles. The first-order chi connectivity index (χ1) is 13.8. The minimum Gasteiger partial charge on any atom is -0.394 e. The van der Waals surface area contributed by atoms with Crippen molar-refractivity contribution in [3.63, 3.8) is 0 Å². The van der Waals surface area contributed by atoms with E-state index in [2.05, 4.69) is 10.6 Å². The highest BCUT2D eigenvalue weighted by atomic mass is 32.2. The van der Waals surface area contributed by atoms with Crippen molar-refractivity contribution >= 4 is 27.3 Å². The molecule has 0 fully saturated rings. The summed E-state index contributed by atoms with van der Waals surface area (Å²) in [5.74, 6) is -1.87. The highest BCUT2D eigenvalue weighted by Crippen LogP contribution is 2.18. The second-order valence-electron chi connectivity index (χ2n) is 6.34. The van der Waals surface area contributed by atoms with Gasteiger partial charge in [-0.15, -0.1) is 0 Å². The van der Waals surface area contributed by atoms with Gasteiger partial charge in [-0.25, -0.2) is 8.42 Å². The van der Waals surface area contributed by atoms with Crippen molar-refractivity contribution in [2.45, 2.75) is 29.5 Å². The van der Waals surface area contributed by atoms with Crippen molar-refractivity contribution < 1.29 is 23.1 Å². The number of rotatable bonds is 7. The predicted octanol–water partition coefficient (Wildman–Crippen LogP) is 1.03. The summed E-state index contributed by atoms with van der Waals surface area (Å²) in [7, 11) is -3.78. The molecule has 0 bridgehead atoms. The SMILES string of the molecule is C[C@H](C#N)S(=O)(=O)c1ccc(NC(=O)C(=O)N[C@@H](CO)Cc2ccccc2)cc1. The van der Waals surface area contributed by atoms with Crippen molar-refractivity contribution in [2.24, 2.45) is 0 Å². The van der Waals surface area contributed by atoms with Gasteiger partial charge in [0.15, 0.2) is 9.84 Å². The number of sulfone groups is 1. The van der Waals surface area contributed by atoms with Crippen LogP contribution in [0, 0.1) is 11.3 Å². The van der Waals surface area contributed by atoms with Crippen molar-refractivity contribution in [3.8, 4) is 6.07 Å². The molecule has 0 heterocycles. The summed E-state index contributed by atoms with van der Waals surface area (Å²) < 4.78 is 24.2. The van der Waals surface area contributed by atoms with Crippen LogP contribution in [0.5, 0.6) is 0 Å². The Morgan fingerprint density at radius 2 is 1.69 bits per heavy atom. The monoisotopic (exact) mass is 415 g/mol. The predicted molar refractivity (Wildman–Crippen MR) is 106 cm³/mol. The van der Waals surface area contributed by atoms with Gasteiger partial charge in [0.2, 0.25) is 0 Å². The molecule has 0 unspecified atom stereocenters. The van der Waals surface area contributed by atoms with E-state index in [-0.39, 0.29) is 17.2 Å². The highest BCUT2D eigenvalue weighted by molar-refractivity contribution is 7.92. The number of nitrogens with one attached hydrogen (secondary N) is 2. The minimum absolute atomic E-state index is 0.0581. The van der Waals surface area contributed by atoms with E-state index in [1.807, 2.05) is 30.3 Å². The molecule has 2 atom stereocenters. The number of aliphatic hydroxyl groups is 1. The Labute approximate surface area is 169 Å². The molecule has 0 aliphatic heterocycles. The van der Waals surface area contributed by atoms with Crippen LogP contribution in [0.3, 0.4) is 0 Å². The third-order valence-electron chi connectivity index (χ3n) is 4.17. The average Bonchev–Trinajstić information content (AvgIpc) is 2.73. The van der Waals surface area contributed by atoms with Crippen LogP contribution in [-0.2, 0) is 25.8 Å². The van der Waals surface area contributed by atoms with Crippen LogP contribution in [0.25, 0.3) is 0 Å². The summed E-state index contributed by atoms with van der Waals surface area (Å²) in [5.41, 5.74) is 1.12. The Kier molecular flexibility index (Phi) is 7.47. The molecule has 2 rings (SSSR count). The van der Waals surface area contributed by atoms with Crippen LogP contribution in [0.2, 0.25) is 0 Å². The van der Waals surface area contributed by atoms with E-state index < -0.39 is 32.9 Å². The zero-order valence-corrected chi connectivity index (χ0v) is 16.5. The van der Waals surface area contributed by atoms with Gasteiger partial charge in [-0.3, -0.25) is 9.59 Å². The number of nitrogens with zero attached hydrogens (tertiary/aromatic N) is 1. The highest BCUT2D eigenvalue weighted by Gasteiger charge is 2.23. The summed E-state index contributed by atoms with van der Waals surface area (Å²) in [6.07, 6.45) is 0.361. The number of carbonyl (C=O) groups is 2. The van der Waals surface area contributed by atoms with Crippen LogP contribution in [0.1, 0.15) is 12.5 Å². The Balaban J connectivity index is 1.98. The number of nitriles is 1. The van der Waals surface area contributed by atoms with Crippen LogP contribution in [-0.4, -0.2) is 43.2 Å². The minimum atomic E-state index is -3.78. The van der Waals surface area contributed by atoms with E-state index in [1.54, 1.807) is 6.07 Å². The zero-order chi connectivity index (χ0) is 21.4. The van der Waals surface area contributed by atoms with Crippen molar-refractivity contribution in [1.29, 1.82) is 5.26 Å². The fraction of sp³-hybridized carbons (Fsp3) is 0.250. The zero-order valence-electron chi connectivity index (χ0n) is 15.7. The third kappa shape index (κ3) is 5.88. The lowest BCUT2D eigenvalue weighted by molar-refractivity contribution is -0.136. The fourth-order valence-electron chi connectivity index (χ4n) is 2.50. The molecule has 0 aromatic heterocycles. The number of hydrogen-bond donors (Lipinski definition) is 3. The standard InChI is InChI=1S/C20H21N3O5S/c1-14(12-21)29(27,28)18-9-7-16(8-10-18)22-19(25)20(26)23-17(13-24)11-15-5-3-2-4-6-15/h2-10,14,17,24H,11,13H2,1H3,(H,22,25)(H,23,26)/t14-,17-/m1/s1. The van der Waals surface area contributed by atoms with Crippen molar-refractivity contribution in [1.82, 2.24) is 5.32 Å². The second-order valence-corrected chi connectivity index (χ2v) is 8.61. The van der Waals surface area contributed by atoms with E-state index >= 15 is 0 Å². The Morgan fingerprint density at radius 3 is 2.24 bits per heavy atom.